The van der Waals surface area contributed by atoms with Crippen molar-refractivity contribution >= 4 is 11.9 Å². The van der Waals surface area contributed by atoms with Gasteiger partial charge in [0.25, 0.3) is 0 Å². The Balaban J connectivity index is 2.70. The van der Waals surface area contributed by atoms with Gasteiger partial charge in [0.2, 0.25) is 5.91 Å². The number of carbonyl (C=O) groups excluding carboxylic acids is 1. The predicted octanol–water partition coefficient (Wildman–Crippen LogP) is 1.03. The lowest BCUT2D eigenvalue weighted by Gasteiger charge is -2.12. The first-order chi connectivity index (χ1) is 7.49. The van der Waals surface area contributed by atoms with E-state index < -0.39 is 18.0 Å². The first-order valence-electron chi connectivity index (χ1n) is 4.77. The molecule has 0 spiro atoms. The molecule has 16 heavy (non-hydrogen) atoms. The summed E-state index contributed by atoms with van der Waals surface area (Å²) in [5.74, 6) is -1.04. The molecule has 1 aromatic carbocycles. The fourth-order valence-electron chi connectivity index (χ4n) is 1.24. The van der Waals surface area contributed by atoms with Crippen LogP contribution in [0.1, 0.15) is 23.7 Å². The molecule has 5 nitrogen and oxygen atoms in total. The zero-order valence-electron chi connectivity index (χ0n) is 8.84. The lowest BCUT2D eigenvalue weighted by atomic mass is 10.2. The number of amides is 1. The number of aliphatic carboxylic acids is 1. The van der Waals surface area contributed by atoms with E-state index in [4.69, 9.17) is 15.6 Å². The smallest absolute Gasteiger partial charge is 0.307 e. The van der Waals surface area contributed by atoms with E-state index in [0.717, 1.165) is 0 Å². The van der Waals surface area contributed by atoms with Crippen LogP contribution in [0.3, 0.4) is 0 Å². The minimum Gasteiger partial charge on any atom is -0.490 e. The van der Waals surface area contributed by atoms with Gasteiger partial charge in [0, 0.05) is 5.56 Å². The van der Waals surface area contributed by atoms with E-state index >= 15 is 0 Å². The molecule has 0 heterocycles. The molecule has 0 saturated carbocycles. The average molecular weight is 223 g/mol. The van der Waals surface area contributed by atoms with Crippen molar-refractivity contribution in [2.45, 2.75) is 19.4 Å². The number of carboxylic acids is 1. The molecular formula is C11H13NO4. The van der Waals surface area contributed by atoms with Gasteiger partial charge in [0.1, 0.15) is 11.9 Å². The lowest BCUT2D eigenvalue weighted by molar-refractivity contribution is -0.138. The summed E-state index contributed by atoms with van der Waals surface area (Å²) < 4.78 is 5.33. The van der Waals surface area contributed by atoms with Gasteiger partial charge in [-0.1, -0.05) is 6.07 Å². The minimum atomic E-state index is -0.932. The fraction of sp³-hybridized carbons (Fsp3) is 0.273. The van der Waals surface area contributed by atoms with Gasteiger partial charge in [0.15, 0.2) is 0 Å². The molecule has 0 unspecified atom stereocenters. The summed E-state index contributed by atoms with van der Waals surface area (Å²) in [6.45, 7) is 1.64. The molecule has 86 valence electrons. The van der Waals surface area contributed by atoms with Crippen LogP contribution in [-0.4, -0.2) is 23.1 Å². The summed E-state index contributed by atoms with van der Waals surface area (Å²) in [7, 11) is 0. The molecule has 5 heteroatoms. The highest BCUT2D eigenvalue weighted by Crippen LogP contribution is 2.15. The van der Waals surface area contributed by atoms with Crippen LogP contribution < -0.4 is 10.5 Å². The van der Waals surface area contributed by atoms with E-state index in [1.807, 2.05) is 0 Å². The standard InChI is InChI=1S/C11H13NO4/c1-7(5-10(13)14)16-9-4-2-3-8(6-9)11(12)15/h2-4,6-7H,5H2,1H3,(H2,12,15)(H,13,14)/t7-/m1/s1. The summed E-state index contributed by atoms with van der Waals surface area (Å²) in [6.07, 6.45) is -0.554. The molecule has 0 aromatic heterocycles. The van der Waals surface area contributed by atoms with E-state index in [9.17, 15) is 9.59 Å². The summed E-state index contributed by atoms with van der Waals surface area (Å²) in [6, 6.07) is 6.32. The van der Waals surface area contributed by atoms with Gasteiger partial charge < -0.3 is 15.6 Å². The van der Waals surface area contributed by atoms with Crippen LogP contribution in [0.15, 0.2) is 24.3 Å². The van der Waals surface area contributed by atoms with Crippen molar-refractivity contribution in [3.63, 3.8) is 0 Å². The second kappa shape index (κ2) is 5.16. The van der Waals surface area contributed by atoms with Gasteiger partial charge >= 0.3 is 5.97 Å². The van der Waals surface area contributed by atoms with Gasteiger partial charge in [-0.2, -0.15) is 0 Å². The maximum atomic E-state index is 10.9. The number of benzene rings is 1. The van der Waals surface area contributed by atoms with Crippen molar-refractivity contribution in [3.05, 3.63) is 29.8 Å². The number of carboxylic acid groups (broad SMARTS) is 1. The minimum absolute atomic E-state index is 0.0964. The maximum Gasteiger partial charge on any atom is 0.307 e. The number of primary amides is 1. The van der Waals surface area contributed by atoms with Crippen molar-refractivity contribution in [2.24, 2.45) is 5.73 Å². The SMILES string of the molecule is C[C@H](CC(=O)O)Oc1cccc(C(N)=O)c1. The van der Waals surface area contributed by atoms with Crippen LogP contribution in [-0.2, 0) is 4.79 Å². The number of hydrogen-bond acceptors (Lipinski definition) is 3. The van der Waals surface area contributed by atoms with E-state index in [1.165, 1.54) is 6.07 Å². The Labute approximate surface area is 92.8 Å². The zero-order chi connectivity index (χ0) is 12.1. The fourth-order valence-corrected chi connectivity index (χ4v) is 1.24. The molecule has 0 fully saturated rings. The topological polar surface area (TPSA) is 89.6 Å². The Morgan fingerprint density at radius 2 is 2.19 bits per heavy atom. The summed E-state index contributed by atoms with van der Waals surface area (Å²) >= 11 is 0. The van der Waals surface area contributed by atoms with Crippen molar-refractivity contribution in [1.29, 1.82) is 0 Å². The Hall–Kier alpha value is -2.04. The van der Waals surface area contributed by atoms with Gasteiger partial charge in [-0.25, -0.2) is 0 Å². The zero-order valence-corrected chi connectivity index (χ0v) is 8.84. The molecule has 1 aromatic rings. The highest BCUT2D eigenvalue weighted by Gasteiger charge is 2.10. The van der Waals surface area contributed by atoms with Crippen molar-refractivity contribution in [1.82, 2.24) is 0 Å². The molecule has 0 radical (unpaired) electrons. The van der Waals surface area contributed by atoms with Crippen molar-refractivity contribution in [3.8, 4) is 5.75 Å². The van der Waals surface area contributed by atoms with Gasteiger partial charge in [-0.15, -0.1) is 0 Å². The van der Waals surface area contributed by atoms with Gasteiger partial charge in [0.05, 0.1) is 6.42 Å². The molecule has 1 atom stereocenters. The van der Waals surface area contributed by atoms with Crippen molar-refractivity contribution in [2.75, 3.05) is 0 Å². The molecule has 0 aliphatic carbocycles. The average Bonchev–Trinajstić information content (AvgIpc) is 2.16. The number of ether oxygens (including phenoxy) is 1. The first kappa shape index (κ1) is 12.0. The highest BCUT2D eigenvalue weighted by atomic mass is 16.5. The molecule has 1 amide bonds. The number of nitrogens with two attached hydrogens (primary N) is 1. The second-order valence-electron chi connectivity index (χ2n) is 3.42. The second-order valence-corrected chi connectivity index (χ2v) is 3.42. The summed E-state index contributed by atoms with van der Waals surface area (Å²) in [5.41, 5.74) is 5.44. The number of rotatable bonds is 5. The third kappa shape index (κ3) is 3.61. The van der Waals surface area contributed by atoms with E-state index in [-0.39, 0.29) is 6.42 Å². The molecule has 3 N–H and O–H groups in total. The predicted molar refractivity (Wildman–Crippen MR) is 57.3 cm³/mol. The molecule has 0 bridgehead atoms. The van der Waals surface area contributed by atoms with Gasteiger partial charge in [-0.3, -0.25) is 9.59 Å². The Kier molecular flexibility index (Phi) is 3.88. The Bertz CT molecular complexity index is 403. The largest absolute Gasteiger partial charge is 0.490 e. The molecule has 1 rings (SSSR count). The molecule has 0 aliphatic heterocycles. The van der Waals surface area contributed by atoms with Crippen LogP contribution in [0.4, 0.5) is 0 Å². The third-order valence-electron chi connectivity index (χ3n) is 1.92. The van der Waals surface area contributed by atoms with Crippen LogP contribution in [0.25, 0.3) is 0 Å². The van der Waals surface area contributed by atoms with E-state index in [0.29, 0.717) is 11.3 Å². The summed E-state index contributed by atoms with van der Waals surface area (Å²) in [4.78, 5) is 21.3. The van der Waals surface area contributed by atoms with Crippen LogP contribution >= 0.6 is 0 Å². The highest BCUT2D eigenvalue weighted by molar-refractivity contribution is 5.93. The monoisotopic (exact) mass is 223 g/mol. The number of carbonyl (C=O) groups is 2. The normalized spacial score (nSPS) is 11.8. The van der Waals surface area contributed by atoms with Gasteiger partial charge in [-0.05, 0) is 25.1 Å². The lowest BCUT2D eigenvalue weighted by Crippen LogP contribution is -2.17. The maximum absolute atomic E-state index is 10.9. The van der Waals surface area contributed by atoms with E-state index in [2.05, 4.69) is 0 Å². The first-order valence-corrected chi connectivity index (χ1v) is 4.77. The Morgan fingerprint density at radius 1 is 1.50 bits per heavy atom. The molecule has 0 aliphatic rings. The molecule has 0 saturated heterocycles. The summed E-state index contributed by atoms with van der Waals surface area (Å²) in [5, 5.41) is 8.55. The third-order valence-corrected chi connectivity index (χ3v) is 1.92. The van der Waals surface area contributed by atoms with Crippen molar-refractivity contribution < 1.29 is 19.4 Å². The van der Waals surface area contributed by atoms with Crippen LogP contribution in [0, 0.1) is 0 Å². The Morgan fingerprint density at radius 3 is 2.75 bits per heavy atom. The van der Waals surface area contributed by atoms with Crippen LogP contribution in [0.5, 0.6) is 5.75 Å². The quantitative estimate of drug-likeness (QED) is 0.780. The van der Waals surface area contributed by atoms with E-state index in [1.54, 1.807) is 25.1 Å². The number of hydrogen-bond donors (Lipinski definition) is 2. The molecular weight excluding hydrogens is 210 g/mol. The van der Waals surface area contributed by atoms with Crippen LogP contribution in [0.2, 0.25) is 0 Å².